The van der Waals surface area contributed by atoms with Gasteiger partial charge in [0.25, 0.3) is 0 Å². The van der Waals surface area contributed by atoms with Crippen LogP contribution in [0.3, 0.4) is 0 Å². The van der Waals surface area contributed by atoms with Crippen LogP contribution in [-0.2, 0) is 0 Å². The minimum absolute atomic E-state index is 0.152. The Hall–Kier alpha value is -0.990. The Morgan fingerprint density at radius 3 is 2.57 bits per heavy atom. The summed E-state index contributed by atoms with van der Waals surface area (Å²) in [6.45, 7) is 0. The molecular weight excluding hydrogens is 189 g/mol. The van der Waals surface area contributed by atoms with Gasteiger partial charge in [-0.05, 0) is 48.9 Å². The standard InChI is InChI=1S/C11H11F3/c12-8-2-1-7(5-8)10-6-9(13)3-4-11(10)14/h3-4,6-8H,1-2,5H2/t7-,8+/m0/s1. The van der Waals surface area contributed by atoms with Crippen molar-refractivity contribution in [3.05, 3.63) is 35.4 Å². The summed E-state index contributed by atoms with van der Waals surface area (Å²) in [7, 11) is 0. The highest BCUT2D eigenvalue weighted by molar-refractivity contribution is 5.24. The van der Waals surface area contributed by atoms with Crippen LogP contribution in [0.5, 0.6) is 0 Å². The fourth-order valence-corrected chi connectivity index (χ4v) is 2.04. The minimum atomic E-state index is -0.859. The predicted molar refractivity (Wildman–Crippen MR) is 47.8 cm³/mol. The third kappa shape index (κ3) is 1.76. The van der Waals surface area contributed by atoms with Gasteiger partial charge in [0, 0.05) is 0 Å². The molecule has 0 heterocycles. The van der Waals surface area contributed by atoms with E-state index in [4.69, 9.17) is 0 Å². The Bertz CT molecular complexity index is 335. The summed E-state index contributed by atoms with van der Waals surface area (Å²) in [6.07, 6.45) is 0.533. The quantitative estimate of drug-likeness (QED) is 0.650. The Morgan fingerprint density at radius 2 is 1.93 bits per heavy atom. The first-order valence-corrected chi connectivity index (χ1v) is 4.76. The third-order valence-electron chi connectivity index (χ3n) is 2.77. The normalized spacial score (nSPS) is 26.8. The van der Waals surface area contributed by atoms with Crippen molar-refractivity contribution in [3.8, 4) is 0 Å². The van der Waals surface area contributed by atoms with Crippen LogP contribution in [0.2, 0.25) is 0 Å². The first-order valence-electron chi connectivity index (χ1n) is 4.76. The highest BCUT2D eigenvalue weighted by Gasteiger charge is 2.27. The average molecular weight is 200 g/mol. The fraction of sp³-hybridized carbons (Fsp3) is 0.455. The molecule has 0 aliphatic heterocycles. The Morgan fingerprint density at radius 1 is 1.14 bits per heavy atom. The van der Waals surface area contributed by atoms with Crippen molar-refractivity contribution in [2.75, 3.05) is 0 Å². The van der Waals surface area contributed by atoms with E-state index >= 15 is 0 Å². The fourth-order valence-electron chi connectivity index (χ4n) is 2.04. The van der Waals surface area contributed by atoms with E-state index in [1.807, 2.05) is 0 Å². The van der Waals surface area contributed by atoms with Crippen LogP contribution in [0.15, 0.2) is 18.2 Å². The molecule has 0 amide bonds. The molecule has 3 heteroatoms. The maximum absolute atomic E-state index is 13.3. The summed E-state index contributed by atoms with van der Waals surface area (Å²) < 4.78 is 39.0. The zero-order valence-corrected chi connectivity index (χ0v) is 7.64. The monoisotopic (exact) mass is 200 g/mol. The number of halogens is 3. The van der Waals surface area contributed by atoms with Crippen LogP contribution in [0.4, 0.5) is 13.2 Å². The lowest BCUT2D eigenvalue weighted by atomic mass is 9.97. The molecule has 76 valence electrons. The van der Waals surface area contributed by atoms with Gasteiger partial charge in [0.1, 0.15) is 17.8 Å². The number of hydrogen-bond acceptors (Lipinski definition) is 0. The molecule has 14 heavy (non-hydrogen) atoms. The third-order valence-corrected chi connectivity index (χ3v) is 2.77. The zero-order valence-electron chi connectivity index (χ0n) is 7.64. The number of benzene rings is 1. The van der Waals surface area contributed by atoms with Gasteiger partial charge in [-0.1, -0.05) is 0 Å². The lowest BCUT2D eigenvalue weighted by Gasteiger charge is -2.10. The molecule has 1 saturated carbocycles. The molecule has 1 aliphatic rings. The van der Waals surface area contributed by atoms with Crippen molar-refractivity contribution < 1.29 is 13.2 Å². The van der Waals surface area contributed by atoms with Crippen molar-refractivity contribution in [1.29, 1.82) is 0 Å². The summed E-state index contributed by atoms with van der Waals surface area (Å²) in [5, 5.41) is 0. The van der Waals surface area contributed by atoms with Crippen LogP contribution in [-0.4, -0.2) is 6.17 Å². The minimum Gasteiger partial charge on any atom is -0.247 e. The van der Waals surface area contributed by atoms with E-state index < -0.39 is 17.8 Å². The molecule has 2 atom stereocenters. The molecule has 0 saturated heterocycles. The molecule has 0 radical (unpaired) electrons. The molecule has 0 nitrogen and oxygen atoms in total. The summed E-state index contributed by atoms with van der Waals surface area (Å²) in [5.74, 6) is -1.03. The van der Waals surface area contributed by atoms with Crippen molar-refractivity contribution >= 4 is 0 Å². The SMILES string of the molecule is Fc1ccc(F)c([C@H]2CC[C@@H](F)C2)c1. The summed E-state index contributed by atoms with van der Waals surface area (Å²) in [4.78, 5) is 0. The van der Waals surface area contributed by atoms with E-state index in [2.05, 4.69) is 0 Å². The number of alkyl halides is 1. The Kier molecular flexibility index (Phi) is 2.48. The van der Waals surface area contributed by atoms with Gasteiger partial charge in [-0.25, -0.2) is 13.2 Å². The molecule has 1 fully saturated rings. The van der Waals surface area contributed by atoms with E-state index in [-0.39, 0.29) is 5.92 Å². The van der Waals surface area contributed by atoms with Crippen LogP contribution < -0.4 is 0 Å². The van der Waals surface area contributed by atoms with Gasteiger partial charge in [-0.15, -0.1) is 0 Å². The maximum atomic E-state index is 13.3. The van der Waals surface area contributed by atoms with Crippen LogP contribution in [0.25, 0.3) is 0 Å². The second-order valence-corrected chi connectivity index (χ2v) is 3.77. The summed E-state index contributed by atoms with van der Waals surface area (Å²) in [6, 6.07) is 3.37. The van der Waals surface area contributed by atoms with E-state index in [0.717, 1.165) is 12.1 Å². The number of rotatable bonds is 1. The molecular formula is C11H11F3. The smallest absolute Gasteiger partial charge is 0.126 e. The van der Waals surface area contributed by atoms with Gasteiger partial charge in [-0.3, -0.25) is 0 Å². The predicted octanol–water partition coefficient (Wildman–Crippen LogP) is 3.57. The highest BCUT2D eigenvalue weighted by Crippen LogP contribution is 2.37. The lowest BCUT2D eigenvalue weighted by Crippen LogP contribution is -1.99. The largest absolute Gasteiger partial charge is 0.247 e. The van der Waals surface area contributed by atoms with E-state index in [9.17, 15) is 13.2 Å². The first-order chi connectivity index (χ1) is 6.66. The van der Waals surface area contributed by atoms with Crippen molar-refractivity contribution in [2.45, 2.75) is 31.4 Å². The average Bonchev–Trinajstić information content (AvgIpc) is 2.56. The van der Waals surface area contributed by atoms with Crippen LogP contribution in [0.1, 0.15) is 30.7 Å². The van der Waals surface area contributed by atoms with Gasteiger partial charge in [0.05, 0.1) is 0 Å². The molecule has 0 bridgehead atoms. The van der Waals surface area contributed by atoms with E-state index in [1.54, 1.807) is 0 Å². The molecule has 2 rings (SSSR count). The molecule has 0 N–H and O–H groups in total. The van der Waals surface area contributed by atoms with Gasteiger partial charge in [-0.2, -0.15) is 0 Å². The Labute approximate surface area is 80.7 Å². The van der Waals surface area contributed by atoms with Crippen molar-refractivity contribution in [1.82, 2.24) is 0 Å². The molecule has 0 unspecified atom stereocenters. The van der Waals surface area contributed by atoms with Gasteiger partial charge < -0.3 is 0 Å². The van der Waals surface area contributed by atoms with Crippen LogP contribution >= 0.6 is 0 Å². The zero-order chi connectivity index (χ0) is 10.1. The van der Waals surface area contributed by atoms with Gasteiger partial charge >= 0.3 is 0 Å². The lowest BCUT2D eigenvalue weighted by molar-refractivity contribution is 0.338. The van der Waals surface area contributed by atoms with E-state index in [0.29, 0.717) is 24.8 Å². The summed E-state index contributed by atoms with van der Waals surface area (Å²) in [5.41, 5.74) is 0.324. The topological polar surface area (TPSA) is 0 Å². The van der Waals surface area contributed by atoms with Gasteiger partial charge in [0.2, 0.25) is 0 Å². The Balaban J connectivity index is 2.27. The number of hydrogen-bond donors (Lipinski definition) is 0. The highest BCUT2D eigenvalue weighted by atomic mass is 19.1. The molecule has 1 aromatic carbocycles. The molecule has 0 aromatic heterocycles. The van der Waals surface area contributed by atoms with Crippen molar-refractivity contribution in [3.63, 3.8) is 0 Å². The molecule has 1 aliphatic carbocycles. The van der Waals surface area contributed by atoms with Gasteiger partial charge in [0.15, 0.2) is 0 Å². The summed E-state index contributed by atoms with van der Waals surface area (Å²) >= 11 is 0. The van der Waals surface area contributed by atoms with Crippen molar-refractivity contribution in [2.24, 2.45) is 0 Å². The second kappa shape index (κ2) is 3.64. The van der Waals surface area contributed by atoms with Crippen LogP contribution in [0, 0.1) is 11.6 Å². The first kappa shape index (κ1) is 9.56. The second-order valence-electron chi connectivity index (χ2n) is 3.77. The molecule has 1 aromatic rings. The van der Waals surface area contributed by atoms with E-state index in [1.165, 1.54) is 6.07 Å². The molecule has 0 spiro atoms. The maximum Gasteiger partial charge on any atom is 0.126 e.